The lowest BCUT2D eigenvalue weighted by Crippen LogP contribution is -2.41. The molecule has 1 saturated heterocycles. The van der Waals surface area contributed by atoms with Crippen molar-refractivity contribution < 1.29 is 28.5 Å². The zero-order chi connectivity index (χ0) is 23.4. The van der Waals surface area contributed by atoms with Gasteiger partial charge in [0.1, 0.15) is 17.5 Å². The molecule has 4 rings (SSSR count). The Kier molecular flexibility index (Phi) is 7.37. The van der Waals surface area contributed by atoms with Gasteiger partial charge < -0.3 is 28.7 Å². The highest BCUT2D eigenvalue weighted by atomic mass is 35.5. The number of methoxy groups -OCH3 is 2. The molecule has 2 aliphatic heterocycles. The maximum atomic E-state index is 13.8. The van der Waals surface area contributed by atoms with Gasteiger partial charge in [-0.05, 0) is 30.0 Å². The average molecular weight is 475 g/mol. The lowest BCUT2D eigenvalue weighted by atomic mass is 10.0. The molecule has 0 N–H and O–H groups in total. The van der Waals surface area contributed by atoms with Gasteiger partial charge in [-0.2, -0.15) is 0 Å². The van der Waals surface area contributed by atoms with Crippen molar-refractivity contribution in [3.05, 3.63) is 58.1 Å². The number of carbonyl (C=O) groups excluding carboxylic acids is 2. The molecule has 1 fully saturated rings. The fraction of sp³-hybridized carbons (Fsp3) is 0.417. The Morgan fingerprint density at radius 2 is 1.67 bits per heavy atom. The molecule has 1 unspecified atom stereocenters. The number of ether oxygens (including phenoxy) is 4. The van der Waals surface area contributed by atoms with Crippen LogP contribution in [0.1, 0.15) is 40.4 Å². The standard InChI is InChI=1S/C24H27ClN2O6/c1-30-14-32-20-12-21(33-15-31-2)19(25)11-18(20)23(28)27-13-16-7-3-4-8-17(16)22(27)24(29)26-9-5-6-10-26/h3-4,7-8,11-12,22H,5-6,9-10,13-15H2,1-2H3. The maximum absolute atomic E-state index is 13.8. The third-order valence-corrected chi connectivity index (χ3v) is 6.14. The monoisotopic (exact) mass is 474 g/mol. The van der Waals surface area contributed by atoms with Gasteiger partial charge in [0.15, 0.2) is 13.6 Å². The molecule has 2 aromatic rings. The van der Waals surface area contributed by atoms with Gasteiger partial charge in [-0.3, -0.25) is 9.59 Å². The summed E-state index contributed by atoms with van der Waals surface area (Å²) < 4.78 is 21.1. The summed E-state index contributed by atoms with van der Waals surface area (Å²) >= 11 is 6.40. The fourth-order valence-corrected chi connectivity index (χ4v) is 4.50. The first kappa shape index (κ1) is 23.4. The molecular formula is C24H27ClN2O6. The largest absolute Gasteiger partial charge is 0.467 e. The van der Waals surface area contributed by atoms with Crippen molar-refractivity contribution in [3.8, 4) is 11.5 Å². The Balaban J connectivity index is 1.70. The minimum atomic E-state index is -0.690. The first-order chi connectivity index (χ1) is 16.0. The molecule has 0 saturated carbocycles. The lowest BCUT2D eigenvalue weighted by Gasteiger charge is -2.29. The number of fused-ring (bicyclic) bond motifs is 1. The fourth-order valence-electron chi connectivity index (χ4n) is 4.28. The zero-order valence-electron chi connectivity index (χ0n) is 18.7. The Morgan fingerprint density at radius 1 is 1.00 bits per heavy atom. The minimum absolute atomic E-state index is 0.00935. The number of carbonyl (C=O) groups is 2. The zero-order valence-corrected chi connectivity index (χ0v) is 19.5. The van der Waals surface area contributed by atoms with Crippen molar-refractivity contribution >= 4 is 23.4 Å². The van der Waals surface area contributed by atoms with E-state index >= 15 is 0 Å². The number of hydrogen-bond donors (Lipinski definition) is 0. The van der Waals surface area contributed by atoms with E-state index in [2.05, 4.69) is 0 Å². The Labute approximate surface area is 197 Å². The summed E-state index contributed by atoms with van der Waals surface area (Å²) in [7, 11) is 2.98. The maximum Gasteiger partial charge on any atom is 0.258 e. The Hall–Kier alpha value is -2.81. The number of halogens is 1. The van der Waals surface area contributed by atoms with Gasteiger partial charge >= 0.3 is 0 Å². The third-order valence-electron chi connectivity index (χ3n) is 5.84. The van der Waals surface area contributed by atoms with E-state index in [1.54, 1.807) is 4.90 Å². The van der Waals surface area contributed by atoms with E-state index in [0.29, 0.717) is 25.4 Å². The van der Waals surface area contributed by atoms with Crippen LogP contribution in [0.4, 0.5) is 0 Å². The van der Waals surface area contributed by atoms with Crippen LogP contribution in [0, 0.1) is 0 Å². The SMILES string of the molecule is COCOc1cc(OCOC)c(C(=O)N2Cc3ccccc3C2C(=O)N2CCCC2)cc1Cl. The Morgan fingerprint density at radius 3 is 2.36 bits per heavy atom. The van der Waals surface area contributed by atoms with E-state index in [1.807, 2.05) is 29.2 Å². The predicted octanol–water partition coefficient (Wildman–Crippen LogP) is 3.62. The number of benzene rings is 2. The molecule has 2 amide bonds. The van der Waals surface area contributed by atoms with Gasteiger partial charge in [0.2, 0.25) is 5.91 Å². The molecule has 33 heavy (non-hydrogen) atoms. The highest BCUT2D eigenvalue weighted by molar-refractivity contribution is 6.32. The summed E-state index contributed by atoms with van der Waals surface area (Å²) in [6.07, 6.45) is 1.95. The van der Waals surface area contributed by atoms with Gasteiger partial charge in [-0.15, -0.1) is 0 Å². The topological polar surface area (TPSA) is 77.5 Å². The van der Waals surface area contributed by atoms with Gasteiger partial charge in [-0.1, -0.05) is 35.9 Å². The van der Waals surface area contributed by atoms with E-state index in [1.165, 1.54) is 26.4 Å². The van der Waals surface area contributed by atoms with E-state index in [0.717, 1.165) is 24.0 Å². The molecule has 1 atom stereocenters. The normalized spacial score (nSPS) is 17.2. The average Bonchev–Trinajstić information content (AvgIpc) is 3.49. The van der Waals surface area contributed by atoms with E-state index in [4.69, 9.17) is 30.5 Å². The van der Waals surface area contributed by atoms with Crippen LogP contribution in [-0.4, -0.2) is 62.5 Å². The van der Waals surface area contributed by atoms with Crippen LogP contribution in [0.5, 0.6) is 11.5 Å². The number of amides is 2. The molecule has 0 aromatic heterocycles. The van der Waals surface area contributed by atoms with Crippen LogP contribution in [0.3, 0.4) is 0 Å². The van der Waals surface area contributed by atoms with Crippen LogP contribution in [0.2, 0.25) is 5.02 Å². The lowest BCUT2D eigenvalue weighted by molar-refractivity contribution is -0.135. The first-order valence-electron chi connectivity index (χ1n) is 10.8. The molecule has 2 heterocycles. The summed E-state index contributed by atoms with van der Waals surface area (Å²) in [5.41, 5.74) is 2.04. The van der Waals surface area contributed by atoms with E-state index in [9.17, 15) is 9.59 Å². The molecule has 176 valence electrons. The summed E-state index contributed by atoms with van der Waals surface area (Å²) in [6.45, 7) is 1.66. The third kappa shape index (κ3) is 4.78. The molecule has 0 spiro atoms. The van der Waals surface area contributed by atoms with Crippen LogP contribution < -0.4 is 9.47 Å². The first-order valence-corrected chi connectivity index (χ1v) is 11.2. The van der Waals surface area contributed by atoms with Gasteiger partial charge in [0.25, 0.3) is 5.91 Å². The van der Waals surface area contributed by atoms with Crippen LogP contribution >= 0.6 is 11.6 Å². The van der Waals surface area contributed by atoms with Crippen molar-refractivity contribution in [1.82, 2.24) is 9.80 Å². The van der Waals surface area contributed by atoms with Crippen molar-refractivity contribution in [2.24, 2.45) is 0 Å². The second kappa shape index (κ2) is 10.4. The van der Waals surface area contributed by atoms with E-state index in [-0.39, 0.29) is 41.7 Å². The van der Waals surface area contributed by atoms with Crippen LogP contribution in [0.25, 0.3) is 0 Å². The molecule has 2 aromatic carbocycles. The Bertz CT molecular complexity index is 1020. The summed E-state index contributed by atoms with van der Waals surface area (Å²) in [4.78, 5) is 30.7. The van der Waals surface area contributed by atoms with Gasteiger partial charge in [0, 0.05) is 39.9 Å². The summed E-state index contributed by atoms with van der Waals surface area (Å²) in [5, 5.41) is 0.235. The second-order valence-electron chi connectivity index (χ2n) is 7.95. The number of nitrogens with zero attached hydrogens (tertiary/aromatic N) is 2. The van der Waals surface area contributed by atoms with Crippen molar-refractivity contribution in [3.63, 3.8) is 0 Å². The second-order valence-corrected chi connectivity index (χ2v) is 8.35. The summed E-state index contributed by atoms with van der Waals surface area (Å²) in [5.74, 6) is 0.155. The molecule has 2 aliphatic rings. The van der Waals surface area contributed by atoms with Gasteiger partial charge in [-0.25, -0.2) is 0 Å². The highest BCUT2D eigenvalue weighted by Crippen LogP contribution is 2.40. The van der Waals surface area contributed by atoms with Crippen molar-refractivity contribution in [1.29, 1.82) is 0 Å². The van der Waals surface area contributed by atoms with Crippen molar-refractivity contribution in [2.45, 2.75) is 25.4 Å². The smallest absolute Gasteiger partial charge is 0.258 e. The van der Waals surface area contributed by atoms with Crippen LogP contribution in [-0.2, 0) is 20.8 Å². The van der Waals surface area contributed by atoms with Crippen LogP contribution in [0.15, 0.2) is 36.4 Å². The summed E-state index contributed by atoms with van der Waals surface area (Å²) in [6, 6.07) is 10.0. The molecule has 0 radical (unpaired) electrons. The van der Waals surface area contributed by atoms with Gasteiger partial charge in [0.05, 0.1) is 10.6 Å². The number of hydrogen-bond acceptors (Lipinski definition) is 6. The highest BCUT2D eigenvalue weighted by Gasteiger charge is 2.41. The molecule has 8 nitrogen and oxygen atoms in total. The van der Waals surface area contributed by atoms with Crippen molar-refractivity contribution in [2.75, 3.05) is 40.9 Å². The molecule has 0 bridgehead atoms. The minimum Gasteiger partial charge on any atom is -0.467 e. The number of rotatable bonds is 8. The predicted molar refractivity (Wildman–Crippen MR) is 121 cm³/mol. The molecule has 0 aliphatic carbocycles. The van der Waals surface area contributed by atoms with E-state index < -0.39 is 6.04 Å². The quantitative estimate of drug-likeness (QED) is 0.544. The molecular weight excluding hydrogens is 448 g/mol. The molecule has 9 heteroatoms. The number of likely N-dealkylation sites (tertiary alicyclic amines) is 1.